The Balaban J connectivity index is 3.56. The van der Waals surface area contributed by atoms with Crippen molar-refractivity contribution in [1.29, 1.82) is 0 Å². The molecule has 16 heavy (non-hydrogen) atoms. The van der Waals surface area contributed by atoms with Crippen LogP contribution in [0.5, 0.6) is 0 Å². The molecular weight excluding hydrogens is 291 g/mol. The Morgan fingerprint density at radius 2 is 2.00 bits per heavy atom. The number of nitrogens with zero attached hydrogens (tertiary/aromatic N) is 1. The van der Waals surface area contributed by atoms with Crippen molar-refractivity contribution in [2.45, 2.75) is 18.4 Å². The first-order valence-corrected chi connectivity index (χ1v) is 5.31. The molecule has 0 aliphatic rings. The van der Waals surface area contributed by atoms with Crippen molar-refractivity contribution in [2.75, 3.05) is 0 Å². The minimum Gasteiger partial charge on any atom is -0.258 e. The highest BCUT2D eigenvalue weighted by Gasteiger charge is 2.36. The summed E-state index contributed by atoms with van der Waals surface area (Å²) in [6.45, 7) is 1.41. The molecule has 0 bridgehead atoms. The van der Waals surface area contributed by atoms with Gasteiger partial charge in [0.05, 0.1) is 16.1 Å². The lowest BCUT2D eigenvalue weighted by Crippen LogP contribution is -2.11. The van der Waals surface area contributed by atoms with Gasteiger partial charge in [0.2, 0.25) is 0 Å². The molecule has 0 aromatic heterocycles. The Hall–Kier alpha value is -1.11. The van der Waals surface area contributed by atoms with Crippen molar-refractivity contribution >= 4 is 21.6 Å². The minimum atomic E-state index is -4.58. The first kappa shape index (κ1) is 13.0. The van der Waals surface area contributed by atoms with E-state index in [1.165, 1.54) is 6.92 Å². The largest absolute Gasteiger partial charge is 0.416 e. The predicted octanol–water partition coefficient (Wildman–Crippen LogP) is 3.82. The summed E-state index contributed by atoms with van der Waals surface area (Å²) in [5.74, 6) is 0. The highest BCUT2D eigenvalue weighted by Crippen LogP contribution is 2.38. The molecule has 1 rings (SSSR count). The highest BCUT2D eigenvalue weighted by molar-refractivity contribution is 9.08. The standard InChI is InChI=1S/C9H7BrF3NO2/c1-5-2-3-7(9(11,12)13)6(4-10)8(5)14(15)16/h2-3H,4H2,1H3. The summed E-state index contributed by atoms with van der Waals surface area (Å²) in [5.41, 5.74) is -1.57. The van der Waals surface area contributed by atoms with Crippen molar-refractivity contribution in [3.05, 3.63) is 38.9 Å². The average Bonchev–Trinajstić information content (AvgIpc) is 2.14. The van der Waals surface area contributed by atoms with Crippen LogP contribution in [-0.2, 0) is 11.5 Å². The molecule has 0 spiro atoms. The van der Waals surface area contributed by atoms with E-state index in [1.807, 2.05) is 0 Å². The minimum absolute atomic E-state index is 0.208. The molecule has 0 aliphatic heterocycles. The Morgan fingerprint density at radius 1 is 1.44 bits per heavy atom. The first-order chi connectivity index (χ1) is 7.29. The third-order valence-electron chi connectivity index (χ3n) is 2.11. The maximum Gasteiger partial charge on any atom is 0.416 e. The molecule has 7 heteroatoms. The summed E-state index contributed by atoms with van der Waals surface area (Å²) in [5, 5.41) is 10.5. The van der Waals surface area contributed by atoms with E-state index in [2.05, 4.69) is 15.9 Å². The second-order valence-electron chi connectivity index (χ2n) is 3.15. The van der Waals surface area contributed by atoms with E-state index >= 15 is 0 Å². The van der Waals surface area contributed by atoms with Crippen LogP contribution in [-0.4, -0.2) is 4.92 Å². The zero-order valence-electron chi connectivity index (χ0n) is 8.14. The summed E-state index contributed by atoms with van der Waals surface area (Å²) in [7, 11) is 0. The Labute approximate surface area is 97.5 Å². The number of benzene rings is 1. The summed E-state index contributed by atoms with van der Waals surface area (Å²) in [6.07, 6.45) is -4.58. The number of hydrogen-bond donors (Lipinski definition) is 0. The van der Waals surface area contributed by atoms with Crippen LogP contribution in [0.1, 0.15) is 16.7 Å². The molecule has 0 atom stereocenters. The number of nitro benzene ring substituents is 1. The van der Waals surface area contributed by atoms with E-state index in [9.17, 15) is 23.3 Å². The Kier molecular flexibility index (Phi) is 3.57. The fraction of sp³-hybridized carbons (Fsp3) is 0.333. The molecule has 0 unspecified atom stereocenters. The number of hydrogen-bond acceptors (Lipinski definition) is 2. The van der Waals surface area contributed by atoms with Crippen molar-refractivity contribution in [3.8, 4) is 0 Å². The molecule has 1 aromatic carbocycles. The van der Waals surface area contributed by atoms with Crippen LogP contribution < -0.4 is 0 Å². The van der Waals surface area contributed by atoms with Gasteiger partial charge < -0.3 is 0 Å². The normalized spacial score (nSPS) is 11.6. The van der Waals surface area contributed by atoms with Gasteiger partial charge in [-0.15, -0.1) is 0 Å². The number of rotatable bonds is 2. The molecule has 0 amide bonds. The van der Waals surface area contributed by atoms with Gasteiger partial charge >= 0.3 is 6.18 Å². The summed E-state index contributed by atoms with van der Waals surface area (Å²) in [6, 6.07) is 1.96. The van der Waals surface area contributed by atoms with Crippen LogP contribution in [0.2, 0.25) is 0 Å². The van der Waals surface area contributed by atoms with Crippen LogP contribution in [0.3, 0.4) is 0 Å². The summed E-state index contributed by atoms with van der Waals surface area (Å²) < 4.78 is 37.7. The molecule has 1 aromatic rings. The molecule has 0 saturated carbocycles. The summed E-state index contributed by atoms with van der Waals surface area (Å²) >= 11 is 2.85. The van der Waals surface area contributed by atoms with Gasteiger partial charge in [0.25, 0.3) is 5.69 Å². The molecule has 0 aliphatic carbocycles. The topological polar surface area (TPSA) is 43.1 Å². The number of alkyl halides is 4. The van der Waals surface area contributed by atoms with Crippen molar-refractivity contribution < 1.29 is 18.1 Å². The van der Waals surface area contributed by atoms with Crippen molar-refractivity contribution in [2.24, 2.45) is 0 Å². The van der Waals surface area contributed by atoms with Crippen LogP contribution >= 0.6 is 15.9 Å². The van der Waals surface area contributed by atoms with Gasteiger partial charge in [-0.2, -0.15) is 13.2 Å². The first-order valence-electron chi connectivity index (χ1n) is 4.19. The second-order valence-corrected chi connectivity index (χ2v) is 3.71. The molecule has 0 N–H and O–H groups in total. The lowest BCUT2D eigenvalue weighted by atomic mass is 10.0. The van der Waals surface area contributed by atoms with Gasteiger partial charge in [0.15, 0.2) is 0 Å². The smallest absolute Gasteiger partial charge is 0.258 e. The van der Waals surface area contributed by atoms with E-state index < -0.39 is 22.4 Å². The Morgan fingerprint density at radius 3 is 2.38 bits per heavy atom. The molecular formula is C9H7BrF3NO2. The van der Waals surface area contributed by atoms with Crippen molar-refractivity contribution in [1.82, 2.24) is 0 Å². The van der Waals surface area contributed by atoms with Crippen LogP contribution in [0.15, 0.2) is 12.1 Å². The lowest BCUT2D eigenvalue weighted by Gasteiger charge is -2.12. The van der Waals surface area contributed by atoms with Gasteiger partial charge in [-0.25, -0.2) is 0 Å². The van der Waals surface area contributed by atoms with Gasteiger partial charge in [-0.05, 0) is 13.0 Å². The van der Waals surface area contributed by atoms with Crippen LogP contribution in [0.4, 0.5) is 18.9 Å². The molecule has 3 nitrogen and oxygen atoms in total. The van der Waals surface area contributed by atoms with Gasteiger partial charge in [0.1, 0.15) is 0 Å². The van der Waals surface area contributed by atoms with Gasteiger partial charge in [-0.1, -0.05) is 22.0 Å². The second kappa shape index (κ2) is 4.40. The average molecular weight is 298 g/mol. The maximum absolute atomic E-state index is 12.6. The zero-order chi connectivity index (χ0) is 12.5. The van der Waals surface area contributed by atoms with E-state index in [4.69, 9.17) is 0 Å². The number of halogens is 4. The third-order valence-corrected chi connectivity index (χ3v) is 2.67. The van der Waals surface area contributed by atoms with Crippen LogP contribution in [0, 0.1) is 17.0 Å². The van der Waals surface area contributed by atoms with E-state index in [0.29, 0.717) is 0 Å². The SMILES string of the molecule is Cc1ccc(C(F)(F)F)c(CBr)c1[N+](=O)[O-]. The monoisotopic (exact) mass is 297 g/mol. The zero-order valence-corrected chi connectivity index (χ0v) is 9.72. The molecule has 0 radical (unpaired) electrons. The quantitative estimate of drug-likeness (QED) is 0.473. The molecule has 88 valence electrons. The molecule has 0 heterocycles. The van der Waals surface area contributed by atoms with E-state index in [-0.39, 0.29) is 16.5 Å². The molecule has 0 fully saturated rings. The van der Waals surface area contributed by atoms with Gasteiger partial charge in [0, 0.05) is 10.9 Å². The highest BCUT2D eigenvalue weighted by atomic mass is 79.9. The number of nitro groups is 1. The van der Waals surface area contributed by atoms with E-state index in [0.717, 1.165) is 12.1 Å². The molecule has 0 saturated heterocycles. The third kappa shape index (κ3) is 2.34. The van der Waals surface area contributed by atoms with Gasteiger partial charge in [-0.3, -0.25) is 10.1 Å². The van der Waals surface area contributed by atoms with Crippen LogP contribution in [0.25, 0.3) is 0 Å². The summed E-state index contributed by atoms with van der Waals surface area (Å²) in [4.78, 5) is 9.91. The fourth-order valence-corrected chi connectivity index (χ4v) is 1.98. The van der Waals surface area contributed by atoms with E-state index in [1.54, 1.807) is 0 Å². The number of aryl methyl sites for hydroxylation is 1. The van der Waals surface area contributed by atoms with Crippen molar-refractivity contribution in [3.63, 3.8) is 0 Å². The fourth-order valence-electron chi connectivity index (χ4n) is 1.41. The Bertz CT molecular complexity index is 431. The lowest BCUT2D eigenvalue weighted by molar-refractivity contribution is -0.386. The maximum atomic E-state index is 12.6. The predicted molar refractivity (Wildman–Crippen MR) is 55.5 cm³/mol.